The first kappa shape index (κ1) is 22.5. The van der Waals surface area contributed by atoms with E-state index in [1.54, 1.807) is 7.11 Å². The van der Waals surface area contributed by atoms with E-state index in [-0.39, 0.29) is 12.5 Å². The van der Waals surface area contributed by atoms with Crippen molar-refractivity contribution in [3.63, 3.8) is 0 Å². The fourth-order valence-corrected chi connectivity index (χ4v) is 3.80. The number of nitrogens with zero attached hydrogens (tertiary/aromatic N) is 1. The highest BCUT2D eigenvalue weighted by atomic mass is 127. The van der Waals surface area contributed by atoms with Gasteiger partial charge >= 0.3 is 0 Å². The summed E-state index contributed by atoms with van der Waals surface area (Å²) in [5, 5.41) is 6.67. The molecule has 3 rings (SSSR count). The summed E-state index contributed by atoms with van der Waals surface area (Å²) in [7, 11) is 1.61. The van der Waals surface area contributed by atoms with E-state index in [9.17, 15) is 9.59 Å². The minimum atomic E-state index is -0.500. The number of methoxy groups -OCH3 is 1. The lowest BCUT2D eigenvalue weighted by atomic mass is 9.90. The highest BCUT2D eigenvalue weighted by Crippen LogP contribution is 2.24. The van der Waals surface area contributed by atoms with E-state index in [1.165, 1.54) is 6.21 Å². The molecule has 2 N–H and O–H groups in total. The second-order valence-corrected chi connectivity index (χ2v) is 7.82. The second kappa shape index (κ2) is 11.3. The number of amides is 2. The maximum atomic E-state index is 12.9. The second-order valence-electron chi connectivity index (χ2n) is 6.66. The number of carbonyl (C=O) groups excluding carboxylic acids is 2. The maximum Gasteiger partial charge on any atom is 0.259 e. The summed E-state index contributed by atoms with van der Waals surface area (Å²) in [6.07, 6.45) is 1.54. The Morgan fingerprint density at radius 3 is 2.16 bits per heavy atom. The van der Waals surface area contributed by atoms with Gasteiger partial charge in [0.15, 0.2) is 0 Å². The van der Waals surface area contributed by atoms with Gasteiger partial charge in [-0.25, -0.2) is 5.43 Å². The molecule has 7 heteroatoms. The Labute approximate surface area is 194 Å². The maximum absolute atomic E-state index is 12.9. The predicted molar refractivity (Wildman–Crippen MR) is 129 cm³/mol. The Kier molecular flexibility index (Phi) is 8.17. The van der Waals surface area contributed by atoms with Crippen LogP contribution in [0.25, 0.3) is 0 Å². The Hall–Kier alpha value is -3.20. The van der Waals surface area contributed by atoms with E-state index in [2.05, 4.69) is 38.4 Å². The molecule has 0 spiro atoms. The van der Waals surface area contributed by atoms with Gasteiger partial charge in [-0.1, -0.05) is 60.7 Å². The van der Waals surface area contributed by atoms with Crippen molar-refractivity contribution >= 4 is 40.6 Å². The molecule has 0 heterocycles. The van der Waals surface area contributed by atoms with Crippen LogP contribution in [0.15, 0.2) is 84.0 Å². The van der Waals surface area contributed by atoms with Crippen molar-refractivity contribution in [2.75, 3.05) is 13.7 Å². The third-order valence-corrected chi connectivity index (χ3v) is 5.37. The summed E-state index contributed by atoms with van der Waals surface area (Å²) in [4.78, 5) is 25.0. The summed E-state index contributed by atoms with van der Waals surface area (Å²) >= 11 is 2.17. The van der Waals surface area contributed by atoms with Gasteiger partial charge in [0.1, 0.15) is 5.75 Å². The molecule has 31 heavy (non-hydrogen) atoms. The average Bonchev–Trinajstić information content (AvgIpc) is 2.79. The number of nitrogens with one attached hydrogen (secondary N) is 2. The van der Waals surface area contributed by atoms with Gasteiger partial charge in [0, 0.05) is 0 Å². The average molecular weight is 527 g/mol. The number of rotatable bonds is 8. The molecular formula is C24H22IN3O3. The quantitative estimate of drug-likeness (QED) is 0.267. The third-order valence-electron chi connectivity index (χ3n) is 4.53. The van der Waals surface area contributed by atoms with Crippen LogP contribution >= 0.6 is 22.6 Å². The molecule has 6 nitrogen and oxygen atoms in total. The van der Waals surface area contributed by atoms with E-state index in [4.69, 9.17) is 4.74 Å². The molecule has 0 radical (unpaired) electrons. The molecule has 0 saturated carbocycles. The fourth-order valence-electron chi connectivity index (χ4n) is 3.04. The van der Waals surface area contributed by atoms with Gasteiger partial charge in [-0.05, 0) is 57.5 Å². The summed E-state index contributed by atoms with van der Waals surface area (Å²) in [5.41, 5.74) is 4.98. The number of halogens is 1. The summed E-state index contributed by atoms with van der Waals surface area (Å²) in [6, 6.07) is 24.5. The zero-order chi connectivity index (χ0) is 22.1. The number of hydrogen-bond acceptors (Lipinski definition) is 4. The molecule has 3 aromatic rings. The molecule has 3 aromatic carbocycles. The van der Waals surface area contributed by atoms with Crippen molar-refractivity contribution in [3.8, 4) is 5.75 Å². The highest BCUT2D eigenvalue weighted by Gasteiger charge is 2.22. The van der Waals surface area contributed by atoms with Gasteiger partial charge in [-0.2, -0.15) is 5.10 Å². The molecule has 0 aromatic heterocycles. The van der Waals surface area contributed by atoms with Gasteiger partial charge in [0.05, 0.1) is 29.4 Å². The Bertz CT molecular complexity index is 1020. The summed E-state index contributed by atoms with van der Waals surface area (Å²) in [5.74, 6) is -0.384. The topological polar surface area (TPSA) is 79.8 Å². The van der Waals surface area contributed by atoms with Crippen LogP contribution in [0.2, 0.25) is 0 Å². The highest BCUT2D eigenvalue weighted by molar-refractivity contribution is 14.1. The zero-order valence-corrected chi connectivity index (χ0v) is 19.1. The van der Waals surface area contributed by atoms with Crippen molar-refractivity contribution in [2.45, 2.75) is 5.92 Å². The largest absolute Gasteiger partial charge is 0.496 e. The van der Waals surface area contributed by atoms with Crippen molar-refractivity contribution in [3.05, 3.63) is 99.1 Å². The van der Waals surface area contributed by atoms with Gasteiger partial charge in [-0.15, -0.1) is 0 Å². The van der Waals surface area contributed by atoms with Gasteiger partial charge < -0.3 is 10.1 Å². The molecule has 0 atom stereocenters. The van der Waals surface area contributed by atoms with Gasteiger partial charge in [0.2, 0.25) is 5.91 Å². The molecule has 0 aliphatic heterocycles. The standard InChI is InChI=1S/C24H22IN3O3/c1-31-21-13-12-17(14-20(21)25)15-27-28-22(29)16-26-24(30)23(18-8-4-2-5-9-18)19-10-6-3-7-11-19/h2-15,23H,16H2,1H3,(H,26,30)(H,28,29). The number of ether oxygens (including phenoxy) is 1. The first-order valence-corrected chi connectivity index (χ1v) is 10.7. The minimum Gasteiger partial charge on any atom is -0.496 e. The van der Waals surface area contributed by atoms with E-state index in [1.807, 2.05) is 78.9 Å². The van der Waals surface area contributed by atoms with Crippen LogP contribution < -0.4 is 15.5 Å². The van der Waals surface area contributed by atoms with E-state index in [0.29, 0.717) is 0 Å². The van der Waals surface area contributed by atoms with Crippen LogP contribution in [0, 0.1) is 3.57 Å². The van der Waals surface area contributed by atoms with Crippen molar-refractivity contribution in [2.24, 2.45) is 5.10 Å². The van der Waals surface area contributed by atoms with Crippen LogP contribution in [-0.2, 0) is 9.59 Å². The van der Waals surface area contributed by atoms with E-state index in [0.717, 1.165) is 26.0 Å². The SMILES string of the molecule is COc1ccc(C=NNC(=O)CNC(=O)C(c2ccccc2)c2ccccc2)cc1I. The summed E-state index contributed by atoms with van der Waals surface area (Å²) < 4.78 is 6.16. The van der Waals surface area contributed by atoms with Crippen LogP contribution in [0.4, 0.5) is 0 Å². The van der Waals surface area contributed by atoms with Crippen molar-refractivity contribution in [1.82, 2.24) is 10.7 Å². The lowest BCUT2D eigenvalue weighted by molar-refractivity contribution is -0.126. The van der Waals surface area contributed by atoms with Gasteiger partial charge in [-0.3, -0.25) is 9.59 Å². The molecular weight excluding hydrogens is 505 g/mol. The number of carbonyl (C=O) groups is 2. The third kappa shape index (κ3) is 6.39. The lowest BCUT2D eigenvalue weighted by Gasteiger charge is -2.17. The van der Waals surface area contributed by atoms with Crippen LogP contribution in [0.3, 0.4) is 0 Å². The predicted octanol–water partition coefficient (Wildman–Crippen LogP) is 3.70. The number of benzene rings is 3. The normalized spacial score (nSPS) is 10.8. The molecule has 2 amide bonds. The van der Waals surface area contributed by atoms with Crippen LogP contribution in [0.5, 0.6) is 5.75 Å². The molecule has 0 bridgehead atoms. The Morgan fingerprint density at radius 1 is 1.00 bits per heavy atom. The first-order valence-electron chi connectivity index (χ1n) is 9.61. The minimum absolute atomic E-state index is 0.174. The Morgan fingerprint density at radius 2 is 1.61 bits per heavy atom. The zero-order valence-electron chi connectivity index (χ0n) is 16.9. The van der Waals surface area contributed by atoms with Crippen LogP contribution in [0.1, 0.15) is 22.6 Å². The molecule has 0 fully saturated rings. The molecule has 0 aliphatic rings. The van der Waals surface area contributed by atoms with Crippen molar-refractivity contribution in [1.29, 1.82) is 0 Å². The first-order chi connectivity index (χ1) is 15.1. The Balaban J connectivity index is 1.59. The smallest absolute Gasteiger partial charge is 0.259 e. The van der Waals surface area contributed by atoms with Crippen LogP contribution in [-0.4, -0.2) is 31.7 Å². The van der Waals surface area contributed by atoms with Crippen molar-refractivity contribution < 1.29 is 14.3 Å². The number of hydrazone groups is 1. The molecule has 0 aliphatic carbocycles. The lowest BCUT2D eigenvalue weighted by Crippen LogP contribution is -2.37. The fraction of sp³-hybridized carbons (Fsp3) is 0.125. The van der Waals surface area contributed by atoms with E-state index < -0.39 is 11.8 Å². The van der Waals surface area contributed by atoms with Gasteiger partial charge in [0.25, 0.3) is 5.91 Å². The monoisotopic (exact) mass is 527 g/mol. The molecule has 0 unspecified atom stereocenters. The van der Waals surface area contributed by atoms with E-state index >= 15 is 0 Å². The summed E-state index contributed by atoms with van der Waals surface area (Å²) in [6.45, 7) is -0.174. The molecule has 158 valence electrons. The number of hydrogen-bond donors (Lipinski definition) is 2. The molecule has 0 saturated heterocycles.